The van der Waals surface area contributed by atoms with Gasteiger partial charge in [-0.2, -0.15) is 0 Å². The van der Waals surface area contributed by atoms with Gasteiger partial charge in [0.2, 0.25) is 0 Å². The standard InChI is InChI=1S/C14H21NO4/c16-13(17)9-5-2-1-3-6-10-14(18)19-15-11-7-4-8-12-15/h4,7-8,11H,1-3,5-6,9-10,12H2,(H,16,17). The van der Waals surface area contributed by atoms with Gasteiger partial charge in [-0.1, -0.05) is 31.4 Å². The highest BCUT2D eigenvalue weighted by Gasteiger charge is 2.08. The number of carboxylic acid groups (broad SMARTS) is 1. The van der Waals surface area contributed by atoms with Gasteiger partial charge in [-0.15, -0.1) is 0 Å². The van der Waals surface area contributed by atoms with E-state index in [-0.39, 0.29) is 12.4 Å². The number of nitrogens with zero attached hydrogens (tertiary/aromatic N) is 1. The van der Waals surface area contributed by atoms with Gasteiger partial charge in [-0.3, -0.25) is 4.79 Å². The van der Waals surface area contributed by atoms with Crippen molar-refractivity contribution < 1.29 is 19.5 Å². The number of carbonyl (C=O) groups is 2. The molecule has 1 aliphatic heterocycles. The number of carboxylic acids is 1. The largest absolute Gasteiger partial charge is 0.481 e. The zero-order chi connectivity index (χ0) is 13.9. The van der Waals surface area contributed by atoms with E-state index < -0.39 is 5.97 Å². The Labute approximate surface area is 113 Å². The topological polar surface area (TPSA) is 66.8 Å². The van der Waals surface area contributed by atoms with Gasteiger partial charge < -0.3 is 9.94 Å². The van der Waals surface area contributed by atoms with E-state index in [2.05, 4.69) is 0 Å². The normalized spacial score (nSPS) is 13.6. The predicted octanol–water partition coefficient (Wildman–Crippen LogP) is 2.65. The second-order valence-corrected chi connectivity index (χ2v) is 4.49. The zero-order valence-corrected chi connectivity index (χ0v) is 11.1. The average molecular weight is 267 g/mol. The Kier molecular flexibility index (Phi) is 7.39. The van der Waals surface area contributed by atoms with Crippen LogP contribution in [0.4, 0.5) is 0 Å². The van der Waals surface area contributed by atoms with E-state index in [0.29, 0.717) is 19.4 Å². The van der Waals surface area contributed by atoms with E-state index in [4.69, 9.17) is 9.94 Å². The van der Waals surface area contributed by atoms with Crippen molar-refractivity contribution in [2.24, 2.45) is 0 Å². The molecule has 19 heavy (non-hydrogen) atoms. The summed E-state index contributed by atoms with van der Waals surface area (Å²) in [6, 6.07) is 0. The van der Waals surface area contributed by atoms with Gasteiger partial charge in [0, 0.05) is 19.0 Å². The summed E-state index contributed by atoms with van der Waals surface area (Å²) in [5, 5.41) is 9.98. The van der Waals surface area contributed by atoms with Crippen LogP contribution in [-0.4, -0.2) is 28.7 Å². The van der Waals surface area contributed by atoms with Gasteiger partial charge >= 0.3 is 11.9 Å². The molecule has 0 aliphatic carbocycles. The number of hydrogen-bond donors (Lipinski definition) is 1. The summed E-state index contributed by atoms with van der Waals surface area (Å²) >= 11 is 0. The number of allylic oxidation sites excluding steroid dienone is 2. The Balaban J connectivity index is 1.94. The molecule has 0 amide bonds. The minimum Gasteiger partial charge on any atom is -0.481 e. The molecule has 0 bridgehead atoms. The van der Waals surface area contributed by atoms with Crippen molar-refractivity contribution >= 4 is 11.9 Å². The van der Waals surface area contributed by atoms with E-state index in [1.54, 1.807) is 6.20 Å². The van der Waals surface area contributed by atoms with Crippen molar-refractivity contribution in [1.29, 1.82) is 0 Å². The average Bonchev–Trinajstić information content (AvgIpc) is 2.38. The van der Waals surface area contributed by atoms with Gasteiger partial charge in [0.25, 0.3) is 0 Å². The molecule has 1 rings (SSSR count). The summed E-state index contributed by atoms with van der Waals surface area (Å²) < 4.78 is 0. The Morgan fingerprint density at radius 1 is 1.05 bits per heavy atom. The van der Waals surface area contributed by atoms with Crippen LogP contribution in [0.15, 0.2) is 24.4 Å². The molecule has 0 fully saturated rings. The number of unbranched alkanes of at least 4 members (excludes halogenated alkanes) is 4. The summed E-state index contributed by atoms with van der Waals surface area (Å²) in [5.41, 5.74) is 0. The molecule has 0 atom stereocenters. The van der Waals surface area contributed by atoms with Crippen molar-refractivity contribution in [3.8, 4) is 0 Å². The zero-order valence-electron chi connectivity index (χ0n) is 11.1. The number of carbonyl (C=O) groups excluding carboxylic acids is 1. The fourth-order valence-electron chi connectivity index (χ4n) is 1.77. The molecule has 0 aromatic carbocycles. The first-order valence-electron chi connectivity index (χ1n) is 6.71. The first kappa shape index (κ1) is 15.3. The molecule has 0 saturated carbocycles. The SMILES string of the molecule is O=C(O)CCCCCCCC(=O)ON1C=CC=CC1. The number of hydrogen-bond acceptors (Lipinski definition) is 4. The molecule has 1 N–H and O–H groups in total. The molecule has 5 heteroatoms. The molecule has 1 aliphatic rings. The number of rotatable bonds is 9. The molecule has 5 nitrogen and oxygen atoms in total. The van der Waals surface area contributed by atoms with Gasteiger partial charge in [-0.05, 0) is 18.9 Å². The first-order valence-corrected chi connectivity index (χ1v) is 6.71. The highest BCUT2D eigenvalue weighted by molar-refractivity contribution is 5.69. The fourth-order valence-corrected chi connectivity index (χ4v) is 1.77. The third-order valence-electron chi connectivity index (χ3n) is 2.78. The lowest BCUT2D eigenvalue weighted by Crippen LogP contribution is -2.23. The molecule has 0 unspecified atom stereocenters. The maximum atomic E-state index is 11.5. The Bertz CT molecular complexity index is 349. The highest BCUT2D eigenvalue weighted by atomic mass is 16.7. The van der Waals surface area contributed by atoms with Crippen molar-refractivity contribution in [2.45, 2.75) is 44.9 Å². The van der Waals surface area contributed by atoms with Gasteiger partial charge in [0.05, 0.1) is 6.54 Å². The maximum absolute atomic E-state index is 11.5. The third kappa shape index (κ3) is 8.02. The smallest absolute Gasteiger partial charge is 0.332 e. The molecular weight excluding hydrogens is 246 g/mol. The maximum Gasteiger partial charge on any atom is 0.332 e. The van der Waals surface area contributed by atoms with Crippen LogP contribution in [0.5, 0.6) is 0 Å². The van der Waals surface area contributed by atoms with E-state index in [1.165, 1.54) is 5.06 Å². The summed E-state index contributed by atoms with van der Waals surface area (Å²) in [5.74, 6) is -0.960. The number of hydroxylamine groups is 2. The van der Waals surface area contributed by atoms with Crippen LogP contribution in [0.2, 0.25) is 0 Å². The van der Waals surface area contributed by atoms with Crippen LogP contribution in [0.25, 0.3) is 0 Å². The molecule has 0 radical (unpaired) electrons. The Morgan fingerprint density at radius 3 is 2.37 bits per heavy atom. The first-order chi connectivity index (χ1) is 9.18. The molecule has 0 saturated heterocycles. The molecular formula is C14H21NO4. The quantitative estimate of drug-likeness (QED) is 0.650. The number of aliphatic carboxylic acids is 1. The van der Waals surface area contributed by atoms with Crippen molar-refractivity contribution in [3.05, 3.63) is 24.4 Å². The van der Waals surface area contributed by atoms with E-state index in [0.717, 1.165) is 25.7 Å². The second kappa shape index (κ2) is 9.19. The Hall–Kier alpha value is -1.78. The lowest BCUT2D eigenvalue weighted by Gasteiger charge is -2.18. The van der Waals surface area contributed by atoms with Crippen LogP contribution in [0.3, 0.4) is 0 Å². The third-order valence-corrected chi connectivity index (χ3v) is 2.78. The monoisotopic (exact) mass is 267 g/mol. The van der Waals surface area contributed by atoms with Gasteiger partial charge in [0.15, 0.2) is 0 Å². The second-order valence-electron chi connectivity index (χ2n) is 4.49. The van der Waals surface area contributed by atoms with Crippen molar-refractivity contribution in [2.75, 3.05) is 6.54 Å². The lowest BCUT2D eigenvalue weighted by atomic mass is 10.1. The summed E-state index contributed by atoms with van der Waals surface area (Å²) in [6.07, 6.45) is 12.3. The van der Waals surface area contributed by atoms with Crippen molar-refractivity contribution in [1.82, 2.24) is 5.06 Å². The van der Waals surface area contributed by atoms with Crippen LogP contribution in [0.1, 0.15) is 44.9 Å². The molecule has 0 aromatic heterocycles. The fraction of sp³-hybridized carbons (Fsp3) is 0.571. The summed E-state index contributed by atoms with van der Waals surface area (Å²) in [7, 11) is 0. The lowest BCUT2D eigenvalue weighted by molar-refractivity contribution is -0.176. The molecule has 1 heterocycles. The van der Waals surface area contributed by atoms with E-state index in [9.17, 15) is 9.59 Å². The van der Waals surface area contributed by atoms with Crippen LogP contribution < -0.4 is 0 Å². The van der Waals surface area contributed by atoms with Gasteiger partial charge in [0.1, 0.15) is 0 Å². The van der Waals surface area contributed by atoms with Gasteiger partial charge in [-0.25, -0.2) is 9.86 Å². The molecule has 0 spiro atoms. The predicted molar refractivity (Wildman–Crippen MR) is 71.0 cm³/mol. The Morgan fingerprint density at radius 2 is 1.74 bits per heavy atom. The summed E-state index contributed by atoms with van der Waals surface area (Å²) in [6.45, 7) is 0.595. The molecule has 106 valence electrons. The minimum atomic E-state index is -0.743. The van der Waals surface area contributed by atoms with Crippen LogP contribution in [0, 0.1) is 0 Å². The van der Waals surface area contributed by atoms with E-state index >= 15 is 0 Å². The molecule has 0 aromatic rings. The highest BCUT2D eigenvalue weighted by Crippen LogP contribution is 2.09. The summed E-state index contributed by atoms with van der Waals surface area (Å²) in [4.78, 5) is 26.9. The van der Waals surface area contributed by atoms with Crippen LogP contribution in [-0.2, 0) is 14.4 Å². The van der Waals surface area contributed by atoms with Crippen molar-refractivity contribution in [3.63, 3.8) is 0 Å². The van der Waals surface area contributed by atoms with Crippen LogP contribution >= 0.6 is 0 Å². The van der Waals surface area contributed by atoms with E-state index in [1.807, 2.05) is 18.2 Å². The minimum absolute atomic E-state index is 0.217.